The number of benzene rings is 1. The fraction of sp³-hybridized carbons (Fsp3) is 0.118. The van der Waals surface area contributed by atoms with Crippen molar-refractivity contribution < 1.29 is 14.7 Å². The Morgan fingerprint density at radius 3 is 2.60 bits per heavy atom. The number of H-pyrrole nitrogens is 1. The summed E-state index contributed by atoms with van der Waals surface area (Å²) in [6.07, 6.45) is 0.188. The number of amides is 1. The summed E-state index contributed by atoms with van der Waals surface area (Å²) < 4.78 is 0. The van der Waals surface area contributed by atoms with Crippen LogP contribution in [0.25, 0.3) is 10.9 Å². The number of nitrogens with zero attached hydrogens (tertiary/aromatic N) is 1. The second-order valence-electron chi connectivity index (χ2n) is 5.42. The quantitative estimate of drug-likeness (QED) is 0.607. The molecule has 3 aromatic rings. The van der Waals surface area contributed by atoms with Gasteiger partial charge in [-0.3, -0.25) is 14.6 Å². The van der Waals surface area contributed by atoms with Gasteiger partial charge in [-0.25, -0.2) is 0 Å². The van der Waals surface area contributed by atoms with Crippen molar-refractivity contribution in [2.24, 2.45) is 0 Å². The lowest BCUT2D eigenvalue weighted by atomic mass is 10.1. The number of aliphatic hydroxyl groups is 1. The van der Waals surface area contributed by atoms with Crippen molar-refractivity contribution in [2.75, 3.05) is 5.32 Å². The summed E-state index contributed by atoms with van der Waals surface area (Å²) in [7, 11) is 0. The van der Waals surface area contributed by atoms with Crippen molar-refractivity contribution in [1.29, 1.82) is 0 Å². The van der Waals surface area contributed by atoms with Crippen LogP contribution in [-0.2, 0) is 4.79 Å². The van der Waals surface area contributed by atoms with Crippen LogP contribution in [0.5, 0.6) is 0 Å². The van der Waals surface area contributed by atoms with Crippen molar-refractivity contribution in [1.82, 2.24) is 9.97 Å². The van der Waals surface area contributed by atoms with Crippen molar-refractivity contribution in [3.8, 4) is 0 Å². The highest BCUT2D eigenvalue weighted by atomic mass is 35.5. The first-order chi connectivity index (χ1) is 11.9. The summed E-state index contributed by atoms with van der Waals surface area (Å²) in [5, 5.41) is 13.5. The van der Waals surface area contributed by atoms with Crippen molar-refractivity contribution in [3.63, 3.8) is 0 Å². The van der Waals surface area contributed by atoms with Gasteiger partial charge in [0.15, 0.2) is 0 Å². The zero-order valence-electron chi connectivity index (χ0n) is 13.0. The van der Waals surface area contributed by atoms with E-state index in [1.165, 1.54) is 19.2 Å². The molecule has 3 rings (SSSR count). The number of fused-ring (bicyclic) bond motifs is 1. The highest BCUT2D eigenvalue weighted by Gasteiger charge is 2.23. The van der Waals surface area contributed by atoms with Crippen LogP contribution in [0.4, 0.5) is 5.69 Å². The fourth-order valence-electron chi connectivity index (χ4n) is 2.35. The predicted octanol–water partition coefficient (Wildman–Crippen LogP) is 3.42. The van der Waals surface area contributed by atoms with E-state index in [1.54, 1.807) is 24.3 Å². The van der Waals surface area contributed by atoms with Crippen LogP contribution in [0.1, 0.15) is 23.1 Å². The zero-order chi connectivity index (χ0) is 18.1. The lowest BCUT2D eigenvalue weighted by Crippen LogP contribution is -2.25. The molecule has 0 radical (unpaired) electrons. The topological polar surface area (TPSA) is 95.1 Å². The van der Waals surface area contributed by atoms with Gasteiger partial charge in [0.2, 0.25) is 5.78 Å². The van der Waals surface area contributed by atoms with E-state index >= 15 is 0 Å². The minimum absolute atomic E-state index is 0.123. The number of aromatic amines is 1. The third-order valence-corrected chi connectivity index (χ3v) is 4.04. The second kappa shape index (κ2) is 6.84. The Morgan fingerprint density at radius 2 is 1.92 bits per heavy atom. The number of ketones is 1. The summed E-state index contributed by atoms with van der Waals surface area (Å²) in [4.78, 5) is 31.7. The first kappa shape index (κ1) is 17.4. The van der Waals surface area contributed by atoms with E-state index in [0.717, 1.165) is 0 Å². The van der Waals surface area contributed by atoms with Gasteiger partial charge >= 0.3 is 0 Å². The molecule has 0 fully saturated rings. The molecule has 6 nitrogen and oxygen atoms in total. The van der Waals surface area contributed by atoms with Gasteiger partial charge in [-0.2, -0.15) is 0 Å². The van der Waals surface area contributed by atoms with Crippen LogP contribution in [0.2, 0.25) is 10.0 Å². The molecule has 25 heavy (non-hydrogen) atoms. The maximum Gasteiger partial charge on any atom is 0.252 e. The van der Waals surface area contributed by atoms with Gasteiger partial charge in [0, 0.05) is 27.1 Å². The van der Waals surface area contributed by atoms with Gasteiger partial charge in [0.25, 0.3) is 5.91 Å². The third-order valence-electron chi connectivity index (χ3n) is 3.57. The zero-order valence-corrected chi connectivity index (χ0v) is 14.5. The van der Waals surface area contributed by atoms with Crippen molar-refractivity contribution >= 4 is 51.5 Å². The van der Waals surface area contributed by atoms with Gasteiger partial charge in [0.05, 0.1) is 5.69 Å². The average Bonchev–Trinajstić information content (AvgIpc) is 2.91. The van der Waals surface area contributed by atoms with Crippen LogP contribution in [0, 0.1) is 0 Å². The number of aromatic nitrogens is 2. The van der Waals surface area contributed by atoms with Crippen molar-refractivity contribution in [2.45, 2.75) is 13.0 Å². The molecule has 3 N–H and O–H groups in total. The first-order valence-corrected chi connectivity index (χ1v) is 8.09. The van der Waals surface area contributed by atoms with Gasteiger partial charge < -0.3 is 15.4 Å². The third kappa shape index (κ3) is 3.51. The van der Waals surface area contributed by atoms with Crippen LogP contribution in [0.15, 0.2) is 36.5 Å². The standard InChI is InChI=1S/C17H13Cl2N3O3/c1-8(23)17(25)22-14-11-3-2-9(18)6-12(11)21-15(14)16(24)13-7-10(19)4-5-20-13/h2-8,21,23H,1H3,(H,22,25)/t8-/m0/s1. The predicted molar refractivity (Wildman–Crippen MR) is 96.3 cm³/mol. The van der Waals surface area contributed by atoms with Crippen LogP contribution in [0.3, 0.4) is 0 Å². The number of pyridine rings is 1. The smallest absolute Gasteiger partial charge is 0.252 e. The summed E-state index contributed by atoms with van der Waals surface area (Å²) in [5.41, 5.74) is 1.07. The molecule has 0 aliphatic carbocycles. The summed E-state index contributed by atoms with van der Waals surface area (Å²) in [5.74, 6) is -1.08. The molecule has 0 saturated carbocycles. The second-order valence-corrected chi connectivity index (χ2v) is 6.29. The molecule has 0 bridgehead atoms. The molecule has 1 aromatic carbocycles. The largest absolute Gasteiger partial charge is 0.384 e. The van der Waals surface area contributed by atoms with Gasteiger partial charge in [-0.15, -0.1) is 0 Å². The van der Waals surface area contributed by atoms with E-state index in [1.807, 2.05) is 0 Å². The molecule has 1 amide bonds. The monoisotopic (exact) mass is 377 g/mol. The lowest BCUT2D eigenvalue weighted by Gasteiger charge is -2.08. The Labute approximate surface area is 152 Å². The van der Waals surface area contributed by atoms with E-state index in [9.17, 15) is 14.7 Å². The molecule has 1 atom stereocenters. The number of hydrogen-bond acceptors (Lipinski definition) is 4. The number of rotatable bonds is 4. The average molecular weight is 378 g/mol. The van der Waals surface area contributed by atoms with E-state index in [2.05, 4.69) is 15.3 Å². The number of carbonyl (C=O) groups excluding carboxylic acids is 2. The Bertz CT molecular complexity index is 982. The maximum absolute atomic E-state index is 12.8. The number of nitrogens with one attached hydrogen (secondary N) is 2. The molecule has 0 saturated heterocycles. The normalized spacial score (nSPS) is 12.2. The van der Waals surface area contributed by atoms with Gasteiger partial charge in [0.1, 0.15) is 17.5 Å². The lowest BCUT2D eigenvalue weighted by molar-refractivity contribution is -0.123. The molecule has 0 aliphatic rings. The Hall–Kier alpha value is -2.41. The van der Waals surface area contributed by atoms with Crippen LogP contribution in [-0.4, -0.2) is 32.9 Å². The molecule has 8 heteroatoms. The Kier molecular flexibility index (Phi) is 4.76. The highest BCUT2D eigenvalue weighted by Crippen LogP contribution is 2.31. The number of anilines is 1. The van der Waals surface area contributed by atoms with Crippen LogP contribution < -0.4 is 5.32 Å². The number of hydrogen-bond donors (Lipinski definition) is 3. The Balaban J connectivity index is 2.15. The van der Waals surface area contributed by atoms with Gasteiger partial charge in [-0.1, -0.05) is 23.2 Å². The minimum atomic E-state index is -1.23. The summed E-state index contributed by atoms with van der Waals surface area (Å²) in [6.45, 7) is 1.33. The SMILES string of the molecule is C[C@H](O)C(=O)Nc1c(C(=O)c2cc(Cl)ccn2)[nH]c2cc(Cl)ccc12. The van der Waals surface area contributed by atoms with E-state index in [-0.39, 0.29) is 17.1 Å². The number of halogens is 2. The molecule has 0 aliphatic heterocycles. The molecule has 2 aromatic heterocycles. The van der Waals surface area contributed by atoms with E-state index in [0.29, 0.717) is 20.9 Å². The molecule has 2 heterocycles. The number of aliphatic hydroxyl groups excluding tert-OH is 1. The fourth-order valence-corrected chi connectivity index (χ4v) is 2.69. The van der Waals surface area contributed by atoms with Crippen LogP contribution >= 0.6 is 23.2 Å². The molecule has 128 valence electrons. The summed E-state index contributed by atoms with van der Waals surface area (Å²) >= 11 is 11.9. The minimum Gasteiger partial charge on any atom is -0.384 e. The van der Waals surface area contributed by atoms with Crippen molar-refractivity contribution in [3.05, 3.63) is 58.0 Å². The highest BCUT2D eigenvalue weighted by molar-refractivity contribution is 6.32. The Morgan fingerprint density at radius 1 is 1.20 bits per heavy atom. The molecule has 0 spiro atoms. The van der Waals surface area contributed by atoms with E-state index in [4.69, 9.17) is 23.2 Å². The number of carbonyl (C=O) groups is 2. The first-order valence-electron chi connectivity index (χ1n) is 7.33. The van der Waals surface area contributed by atoms with E-state index < -0.39 is 17.8 Å². The molecule has 0 unspecified atom stereocenters. The molecular formula is C17H13Cl2N3O3. The molecular weight excluding hydrogens is 365 g/mol. The maximum atomic E-state index is 12.8. The summed E-state index contributed by atoms with van der Waals surface area (Å²) in [6, 6.07) is 7.94. The van der Waals surface area contributed by atoms with Gasteiger partial charge in [-0.05, 0) is 37.3 Å².